The Morgan fingerprint density at radius 3 is 2.95 bits per heavy atom. The molecule has 0 radical (unpaired) electrons. The van der Waals surface area contributed by atoms with E-state index in [0.29, 0.717) is 19.0 Å². The summed E-state index contributed by atoms with van der Waals surface area (Å²) in [6.45, 7) is 5.44. The Hall–Kier alpha value is -1.40. The van der Waals surface area contributed by atoms with E-state index in [2.05, 4.69) is 24.3 Å². The molecule has 1 amide bonds. The summed E-state index contributed by atoms with van der Waals surface area (Å²) in [6, 6.07) is 1.94. The summed E-state index contributed by atoms with van der Waals surface area (Å²) in [5.41, 5.74) is 6.46. The normalized spacial score (nSPS) is 11.4. The highest BCUT2D eigenvalue weighted by Gasteiger charge is 2.17. The van der Waals surface area contributed by atoms with Crippen LogP contribution >= 0.6 is 11.3 Å². The molecule has 0 aliphatic rings. The Kier molecular flexibility index (Phi) is 4.21. The summed E-state index contributed by atoms with van der Waals surface area (Å²) in [5, 5.41) is 8.47. The van der Waals surface area contributed by atoms with Crippen LogP contribution in [0.5, 0.6) is 0 Å². The molecule has 5 nitrogen and oxygen atoms in total. The quantitative estimate of drug-likeness (QED) is 0.821. The van der Waals surface area contributed by atoms with Crippen LogP contribution in [0.15, 0.2) is 6.07 Å². The van der Waals surface area contributed by atoms with Gasteiger partial charge in [-0.1, -0.05) is 13.8 Å². The maximum absolute atomic E-state index is 12.0. The van der Waals surface area contributed by atoms with Crippen molar-refractivity contribution in [1.29, 1.82) is 0 Å². The van der Waals surface area contributed by atoms with Crippen molar-refractivity contribution >= 4 is 27.5 Å². The largest absolute Gasteiger partial charge is 0.351 e. The molecule has 2 aromatic heterocycles. The monoisotopic (exact) mass is 280 g/mol. The average Bonchev–Trinajstić information content (AvgIpc) is 2.90. The fraction of sp³-hybridized carbons (Fsp3) is 0.538. The number of hydrogen-bond acceptors (Lipinski definition) is 4. The lowest BCUT2D eigenvalue weighted by molar-refractivity contribution is 0.0957. The van der Waals surface area contributed by atoms with E-state index in [4.69, 9.17) is 5.73 Å². The van der Waals surface area contributed by atoms with E-state index in [1.807, 2.05) is 17.8 Å². The molecule has 0 saturated heterocycles. The van der Waals surface area contributed by atoms with Crippen LogP contribution in [0, 0.1) is 0 Å². The van der Waals surface area contributed by atoms with Gasteiger partial charge in [0.15, 0.2) is 0 Å². The lowest BCUT2D eigenvalue weighted by atomic mass is 10.1. The zero-order valence-corrected chi connectivity index (χ0v) is 12.4. The fourth-order valence-electron chi connectivity index (χ4n) is 2.00. The van der Waals surface area contributed by atoms with E-state index in [0.717, 1.165) is 27.2 Å². The van der Waals surface area contributed by atoms with Crippen molar-refractivity contribution in [1.82, 2.24) is 15.1 Å². The number of carbonyl (C=O) groups excluding carboxylic acids is 1. The molecule has 2 rings (SSSR count). The number of nitrogens with one attached hydrogen (secondary N) is 1. The smallest absolute Gasteiger partial charge is 0.261 e. The molecule has 3 N–H and O–H groups in total. The van der Waals surface area contributed by atoms with Crippen molar-refractivity contribution in [3.8, 4) is 0 Å². The molecule has 0 atom stereocenters. The van der Waals surface area contributed by atoms with E-state index >= 15 is 0 Å². The number of carbonyl (C=O) groups is 1. The third kappa shape index (κ3) is 2.79. The van der Waals surface area contributed by atoms with Crippen LogP contribution in [0.1, 0.15) is 41.6 Å². The highest BCUT2D eigenvalue weighted by Crippen LogP contribution is 2.31. The van der Waals surface area contributed by atoms with Gasteiger partial charge in [-0.05, 0) is 24.9 Å². The first-order valence-corrected chi connectivity index (χ1v) is 7.31. The maximum Gasteiger partial charge on any atom is 0.261 e. The standard InChI is InChI=1S/C13H20N4OS/c1-8(2)11-9-7-10(12(18)15-6-4-5-14)19-13(9)17(3)16-11/h7-8H,4-6,14H2,1-3H3,(H,15,18). The first-order chi connectivity index (χ1) is 9.04. The topological polar surface area (TPSA) is 72.9 Å². The van der Waals surface area contributed by atoms with Gasteiger partial charge in [-0.2, -0.15) is 5.10 Å². The van der Waals surface area contributed by atoms with Gasteiger partial charge >= 0.3 is 0 Å². The van der Waals surface area contributed by atoms with Gasteiger partial charge in [-0.3, -0.25) is 9.48 Å². The van der Waals surface area contributed by atoms with Crippen LogP contribution < -0.4 is 11.1 Å². The Morgan fingerprint density at radius 2 is 2.32 bits per heavy atom. The number of thiophene rings is 1. The highest BCUT2D eigenvalue weighted by molar-refractivity contribution is 7.20. The molecule has 2 heterocycles. The first-order valence-electron chi connectivity index (χ1n) is 6.49. The molecular formula is C13H20N4OS. The van der Waals surface area contributed by atoms with Crippen molar-refractivity contribution in [2.75, 3.05) is 13.1 Å². The number of nitrogens with two attached hydrogens (primary N) is 1. The van der Waals surface area contributed by atoms with Crippen molar-refractivity contribution in [3.63, 3.8) is 0 Å². The van der Waals surface area contributed by atoms with E-state index < -0.39 is 0 Å². The summed E-state index contributed by atoms with van der Waals surface area (Å²) < 4.78 is 1.85. The van der Waals surface area contributed by atoms with Gasteiger partial charge < -0.3 is 11.1 Å². The Labute approximate surface area is 116 Å². The van der Waals surface area contributed by atoms with Crippen molar-refractivity contribution in [3.05, 3.63) is 16.6 Å². The summed E-state index contributed by atoms with van der Waals surface area (Å²) in [4.78, 5) is 13.8. The number of amides is 1. The Bertz CT molecular complexity index is 585. The van der Waals surface area contributed by atoms with Gasteiger partial charge in [0, 0.05) is 19.0 Å². The first kappa shape index (κ1) is 14.0. The van der Waals surface area contributed by atoms with Gasteiger partial charge in [-0.15, -0.1) is 11.3 Å². The molecule has 0 bridgehead atoms. The number of fused-ring (bicyclic) bond motifs is 1. The summed E-state index contributed by atoms with van der Waals surface area (Å²) in [7, 11) is 1.92. The van der Waals surface area contributed by atoms with E-state index in [1.165, 1.54) is 11.3 Å². The fourth-order valence-corrected chi connectivity index (χ4v) is 2.99. The average molecular weight is 280 g/mol. The van der Waals surface area contributed by atoms with Crippen LogP contribution in [-0.4, -0.2) is 28.8 Å². The molecule has 0 aromatic carbocycles. The molecule has 0 fully saturated rings. The molecule has 2 aromatic rings. The lowest BCUT2D eigenvalue weighted by Crippen LogP contribution is -2.25. The summed E-state index contributed by atoms with van der Waals surface area (Å²) in [6.07, 6.45) is 0.801. The van der Waals surface area contributed by atoms with E-state index in [9.17, 15) is 4.79 Å². The third-order valence-electron chi connectivity index (χ3n) is 2.98. The van der Waals surface area contributed by atoms with Gasteiger partial charge in [-0.25, -0.2) is 0 Å². The molecule has 0 saturated carbocycles. The minimum atomic E-state index is -0.0237. The third-order valence-corrected chi connectivity index (χ3v) is 4.18. The zero-order chi connectivity index (χ0) is 14.0. The zero-order valence-electron chi connectivity index (χ0n) is 11.6. The minimum absolute atomic E-state index is 0.0237. The Balaban J connectivity index is 2.26. The molecule has 0 aliphatic carbocycles. The highest BCUT2D eigenvalue weighted by atomic mass is 32.1. The molecular weight excluding hydrogens is 260 g/mol. The van der Waals surface area contributed by atoms with Gasteiger partial charge in [0.1, 0.15) is 4.83 Å². The molecule has 0 spiro atoms. The molecule has 0 unspecified atom stereocenters. The SMILES string of the molecule is CC(C)c1nn(C)c2sc(C(=O)NCCCN)cc12. The predicted molar refractivity (Wildman–Crippen MR) is 78.7 cm³/mol. The molecule has 19 heavy (non-hydrogen) atoms. The van der Waals surface area contributed by atoms with Crippen molar-refractivity contribution in [2.45, 2.75) is 26.2 Å². The Morgan fingerprint density at radius 1 is 1.58 bits per heavy atom. The van der Waals surface area contributed by atoms with Crippen LogP contribution in [0.2, 0.25) is 0 Å². The number of rotatable bonds is 5. The second-order valence-corrected chi connectivity index (χ2v) is 5.92. The van der Waals surface area contributed by atoms with Crippen molar-refractivity contribution < 1.29 is 4.79 Å². The van der Waals surface area contributed by atoms with Gasteiger partial charge in [0.2, 0.25) is 0 Å². The van der Waals surface area contributed by atoms with Crippen LogP contribution in [0.4, 0.5) is 0 Å². The number of aromatic nitrogens is 2. The van der Waals surface area contributed by atoms with E-state index in [1.54, 1.807) is 0 Å². The minimum Gasteiger partial charge on any atom is -0.351 e. The summed E-state index contributed by atoms with van der Waals surface area (Å²) >= 11 is 1.49. The number of hydrogen-bond donors (Lipinski definition) is 2. The summed E-state index contributed by atoms with van der Waals surface area (Å²) in [5.74, 6) is 0.329. The van der Waals surface area contributed by atoms with Crippen LogP contribution in [0.25, 0.3) is 10.2 Å². The van der Waals surface area contributed by atoms with E-state index in [-0.39, 0.29) is 5.91 Å². The second kappa shape index (κ2) is 5.71. The van der Waals surface area contributed by atoms with Gasteiger partial charge in [0.05, 0.1) is 10.6 Å². The van der Waals surface area contributed by atoms with Crippen LogP contribution in [-0.2, 0) is 7.05 Å². The predicted octanol–water partition coefficient (Wildman–Crippen LogP) is 1.84. The van der Waals surface area contributed by atoms with Crippen molar-refractivity contribution in [2.24, 2.45) is 12.8 Å². The lowest BCUT2D eigenvalue weighted by Gasteiger charge is -2.01. The van der Waals surface area contributed by atoms with Gasteiger partial charge in [0.25, 0.3) is 5.91 Å². The molecule has 0 aliphatic heterocycles. The molecule has 6 heteroatoms. The second-order valence-electron chi connectivity index (χ2n) is 4.89. The number of nitrogens with zero attached hydrogens (tertiary/aromatic N) is 2. The van der Waals surface area contributed by atoms with Crippen LogP contribution in [0.3, 0.4) is 0 Å². The number of aryl methyl sites for hydroxylation is 1. The molecule has 104 valence electrons. The maximum atomic E-state index is 12.0.